The van der Waals surface area contributed by atoms with Crippen LogP contribution in [0.3, 0.4) is 0 Å². The molecule has 0 saturated carbocycles. The lowest BCUT2D eigenvalue weighted by atomic mass is 10.2. The van der Waals surface area contributed by atoms with E-state index < -0.39 is 16.1 Å². The maximum Gasteiger partial charge on any atom is 0.242 e. The molecule has 2 rings (SSSR count). The van der Waals surface area contributed by atoms with Crippen molar-refractivity contribution in [1.29, 1.82) is 0 Å². The summed E-state index contributed by atoms with van der Waals surface area (Å²) in [5, 5.41) is 5.35. The van der Waals surface area contributed by atoms with Gasteiger partial charge in [-0.05, 0) is 60.2 Å². The molecule has 1 atom stereocenters. The van der Waals surface area contributed by atoms with E-state index in [0.717, 1.165) is 8.78 Å². The lowest BCUT2D eigenvalue weighted by Crippen LogP contribution is -2.43. The first kappa shape index (κ1) is 23.9. The molecule has 0 aliphatic rings. The van der Waals surface area contributed by atoms with Gasteiger partial charge in [0.15, 0.2) is 0 Å². The third kappa shape index (κ3) is 6.33. The minimum Gasteiger partial charge on any atom is -0.325 e. The van der Waals surface area contributed by atoms with E-state index in [-0.39, 0.29) is 23.3 Å². The predicted molar refractivity (Wildman–Crippen MR) is 119 cm³/mol. The second kappa shape index (κ2) is 10.1. The van der Waals surface area contributed by atoms with E-state index in [0.29, 0.717) is 11.5 Å². The molecule has 0 saturated heterocycles. The monoisotopic (exact) mass is 497 g/mol. The normalized spacial score (nSPS) is 12.6. The van der Waals surface area contributed by atoms with Gasteiger partial charge in [0, 0.05) is 30.5 Å². The van der Waals surface area contributed by atoms with Crippen molar-refractivity contribution in [3.05, 3.63) is 47.1 Å². The second-order valence-corrected chi connectivity index (χ2v) is 9.87. The third-order valence-electron chi connectivity index (χ3n) is 4.31. The van der Waals surface area contributed by atoms with E-state index in [1.54, 1.807) is 49.3 Å². The number of halogens is 1. The summed E-state index contributed by atoms with van der Waals surface area (Å²) < 4.78 is 26.4. The fourth-order valence-electron chi connectivity index (χ4n) is 2.39. The van der Waals surface area contributed by atoms with Crippen LogP contribution in [0, 0.1) is 0 Å². The maximum absolute atomic E-state index is 12.6. The van der Waals surface area contributed by atoms with Crippen LogP contribution in [0.1, 0.15) is 6.92 Å². The Labute approximate surface area is 184 Å². The lowest BCUT2D eigenvalue weighted by molar-refractivity contribution is -0.122. The minimum absolute atomic E-state index is 0.0264. The Hall–Kier alpha value is -2.34. The molecule has 30 heavy (non-hydrogen) atoms. The Balaban J connectivity index is 1.98. The fourth-order valence-corrected chi connectivity index (χ4v) is 3.57. The van der Waals surface area contributed by atoms with Crippen LogP contribution in [0.25, 0.3) is 0 Å². The molecule has 0 aliphatic carbocycles. The molecule has 2 N–H and O–H groups in total. The molecule has 1 aromatic heterocycles. The number of pyridine rings is 1. The highest BCUT2D eigenvalue weighted by Crippen LogP contribution is 2.18. The second-order valence-electron chi connectivity index (χ2n) is 6.81. The van der Waals surface area contributed by atoms with Crippen LogP contribution in [0.4, 0.5) is 11.5 Å². The molecule has 0 radical (unpaired) electrons. The number of carbonyl (C=O) groups is 2. The van der Waals surface area contributed by atoms with Crippen molar-refractivity contribution in [2.24, 2.45) is 0 Å². The Kier molecular flexibility index (Phi) is 8.07. The zero-order chi connectivity index (χ0) is 22.5. The van der Waals surface area contributed by atoms with Crippen molar-refractivity contribution in [1.82, 2.24) is 14.2 Å². The first-order valence-electron chi connectivity index (χ1n) is 8.96. The summed E-state index contributed by atoms with van der Waals surface area (Å²) in [6, 6.07) is 8.79. The van der Waals surface area contributed by atoms with Crippen molar-refractivity contribution in [3.8, 4) is 0 Å². The van der Waals surface area contributed by atoms with Gasteiger partial charge in [0.25, 0.3) is 0 Å². The lowest BCUT2D eigenvalue weighted by Gasteiger charge is -2.23. The number of anilines is 2. The first-order valence-corrected chi connectivity index (χ1v) is 11.2. The van der Waals surface area contributed by atoms with Crippen LogP contribution in [0.15, 0.2) is 52.0 Å². The van der Waals surface area contributed by atoms with Crippen LogP contribution in [0.2, 0.25) is 0 Å². The van der Waals surface area contributed by atoms with E-state index in [1.165, 1.54) is 26.2 Å². The third-order valence-corrected chi connectivity index (χ3v) is 6.59. The van der Waals surface area contributed by atoms with Gasteiger partial charge in [-0.3, -0.25) is 14.5 Å². The topological polar surface area (TPSA) is 112 Å². The Morgan fingerprint density at radius 3 is 2.43 bits per heavy atom. The van der Waals surface area contributed by atoms with Crippen LogP contribution in [0.5, 0.6) is 0 Å². The summed E-state index contributed by atoms with van der Waals surface area (Å²) in [4.78, 5) is 30.5. The van der Waals surface area contributed by atoms with E-state index in [1.807, 2.05) is 0 Å². The van der Waals surface area contributed by atoms with E-state index in [4.69, 9.17) is 0 Å². The minimum atomic E-state index is -3.61. The summed E-state index contributed by atoms with van der Waals surface area (Å²) in [6.45, 7) is 1.63. The Bertz CT molecular complexity index is 1010. The fraction of sp³-hybridized carbons (Fsp3) is 0.316. The van der Waals surface area contributed by atoms with Gasteiger partial charge < -0.3 is 10.6 Å². The van der Waals surface area contributed by atoms with Gasteiger partial charge in [0.2, 0.25) is 21.8 Å². The maximum atomic E-state index is 12.6. The molecule has 0 bridgehead atoms. The number of carbonyl (C=O) groups excluding carboxylic acids is 2. The Morgan fingerprint density at radius 1 is 1.13 bits per heavy atom. The van der Waals surface area contributed by atoms with Gasteiger partial charge in [-0.2, -0.15) is 0 Å². The van der Waals surface area contributed by atoms with E-state index in [9.17, 15) is 18.0 Å². The molecule has 9 nitrogen and oxygen atoms in total. The average molecular weight is 498 g/mol. The number of amides is 2. The number of likely N-dealkylation sites (N-methyl/N-ethyl adjacent to an activating group) is 1. The zero-order valence-electron chi connectivity index (χ0n) is 17.1. The number of sulfonamides is 1. The highest BCUT2D eigenvalue weighted by Gasteiger charge is 2.22. The number of hydrogen-bond acceptors (Lipinski definition) is 6. The van der Waals surface area contributed by atoms with Crippen molar-refractivity contribution in [2.75, 3.05) is 38.3 Å². The van der Waals surface area contributed by atoms with E-state index in [2.05, 4.69) is 31.5 Å². The molecular weight excluding hydrogens is 474 g/mol. The molecule has 2 aromatic rings. The Morgan fingerprint density at radius 2 is 1.83 bits per heavy atom. The first-order chi connectivity index (χ1) is 14.0. The highest BCUT2D eigenvalue weighted by atomic mass is 79.9. The molecule has 0 fully saturated rings. The summed E-state index contributed by atoms with van der Waals surface area (Å²) >= 11 is 3.27. The molecule has 1 heterocycles. The predicted octanol–water partition coefficient (Wildman–Crippen LogP) is 1.99. The number of aromatic nitrogens is 1. The van der Waals surface area contributed by atoms with Gasteiger partial charge in [-0.15, -0.1) is 0 Å². The van der Waals surface area contributed by atoms with Gasteiger partial charge in [0.1, 0.15) is 5.82 Å². The summed E-state index contributed by atoms with van der Waals surface area (Å²) in [5.74, 6) is -0.273. The zero-order valence-corrected chi connectivity index (χ0v) is 19.5. The van der Waals surface area contributed by atoms with Gasteiger partial charge in [-0.1, -0.05) is 6.07 Å². The smallest absolute Gasteiger partial charge is 0.242 e. The summed E-state index contributed by atoms with van der Waals surface area (Å²) in [5.41, 5.74) is 0.353. The van der Waals surface area contributed by atoms with Gasteiger partial charge in [0.05, 0.1) is 17.5 Å². The largest absolute Gasteiger partial charge is 0.325 e. The molecule has 162 valence electrons. The van der Waals surface area contributed by atoms with Gasteiger partial charge >= 0.3 is 0 Å². The quantitative estimate of drug-likeness (QED) is 0.576. The summed E-state index contributed by atoms with van der Waals surface area (Å²) in [7, 11) is 0.908. The van der Waals surface area contributed by atoms with Crippen LogP contribution in [-0.4, -0.2) is 68.2 Å². The van der Waals surface area contributed by atoms with Crippen LogP contribution in [-0.2, 0) is 19.6 Å². The van der Waals surface area contributed by atoms with Crippen molar-refractivity contribution in [3.63, 3.8) is 0 Å². The standard InChI is InChI=1S/C19H24BrN5O4S/c1-13(25(4)12-18(26)23-17-9-8-14(20)11-21-17)19(27)22-15-6-5-7-16(10-15)30(28,29)24(2)3/h5-11,13H,12H2,1-4H3,(H,22,27)(H,21,23,26). The molecule has 2 amide bonds. The van der Waals surface area contributed by atoms with Crippen molar-refractivity contribution >= 4 is 49.3 Å². The highest BCUT2D eigenvalue weighted by molar-refractivity contribution is 9.10. The molecule has 1 aromatic carbocycles. The van der Waals surface area contributed by atoms with Crippen molar-refractivity contribution in [2.45, 2.75) is 17.9 Å². The number of rotatable bonds is 8. The van der Waals surface area contributed by atoms with E-state index >= 15 is 0 Å². The molecule has 0 aliphatic heterocycles. The summed E-state index contributed by atoms with van der Waals surface area (Å²) in [6.07, 6.45) is 1.57. The molecular formula is C19H24BrN5O4S. The number of hydrogen-bond donors (Lipinski definition) is 2. The number of nitrogens with zero attached hydrogens (tertiary/aromatic N) is 3. The average Bonchev–Trinajstić information content (AvgIpc) is 2.69. The SMILES string of the molecule is CC(C(=O)Nc1cccc(S(=O)(=O)N(C)C)c1)N(C)CC(=O)Nc1ccc(Br)cn1. The van der Waals surface area contributed by atoms with Gasteiger partial charge in [-0.25, -0.2) is 17.7 Å². The molecule has 0 spiro atoms. The number of nitrogens with one attached hydrogen (secondary N) is 2. The van der Waals surface area contributed by atoms with Crippen LogP contribution >= 0.6 is 15.9 Å². The van der Waals surface area contributed by atoms with Crippen LogP contribution < -0.4 is 10.6 Å². The van der Waals surface area contributed by atoms with Crippen molar-refractivity contribution < 1.29 is 18.0 Å². The molecule has 1 unspecified atom stereocenters. The molecule has 11 heteroatoms. The number of benzene rings is 1.